The van der Waals surface area contributed by atoms with Crippen LogP contribution in [-0.2, 0) is 11.3 Å². The highest BCUT2D eigenvalue weighted by Crippen LogP contribution is 2.12. The standard InChI is InChI=1S/C21H22N4O4/c1-28-18-6-4-16(5-7-18)14-23-20(26)17(13-22)15-24-8-10-25(11-9-24)21(27)19-3-2-12-29-19/h2-7,12,15H,8-11,14H2,1H3,(H,23,26)/b17-15-. The molecule has 1 saturated heterocycles. The number of ether oxygens (including phenoxy) is 1. The zero-order valence-electron chi connectivity index (χ0n) is 16.1. The molecule has 0 saturated carbocycles. The molecule has 150 valence electrons. The number of furan rings is 1. The van der Waals surface area contributed by atoms with Gasteiger partial charge in [0.1, 0.15) is 17.4 Å². The first-order valence-corrected chi connectivity index (χ1v) is 9.20. The van der Waals surface area contributed by atoms with Crippen LogP contribution in [-0.4, -0.2) is 54.9 Å². The minimum atomic E-state index is -0.433. The van der Waals surface area contributed by atoms with Crippen LogP contribution in [0.15, 0.2) is 58.9 Å². The third kappa shape index (κ3) is 5.17. The second kappa shape index (κ2) is 9.46. The zero-order valence-corrected chi connectivity index (χ0v) is 16.1. The summed E-state index contributed by atoms with van der Waals surface area (Å²) in [6, 6.07) is 12.6. The molecular weight excluding hydrogens is 372 g/mol. The molecule has 1 aromatic heterocycles. The molecule has 0 bridgehead atoms. The van der Waals surface area contributed by atoms with E-state index in [1.54, 1.807) is 30.3 Å². The van der Waals surface area contributed by atoms with Crippen LogP contribution in [0.5, 0.6) is 5.75 Å². The van der Waals surface area contributed by atoms with Gasteiger partial charge in [0, 0.05) is 38.9 Å². The maximum Gasteiger partial charge on any atom is 0.289 e. The van der Waals surface area contributed by atoms with Crippen molar-refractivity contribution >= 4 is 11.8 Å². The van der Waals surface area contributed by atoms with Crippen molar-refractivity contribution < 1.29 is 18.7 Å². The number of nitrogens with zero attached hydrogens (tertiary/aromatic N) is 3. The predicted molar refractivity (Wildman–Crippen MR) is 105 cm³/mol. The lowest BCUT2D eigenvalue weighted by Crippen LogP contribution is -2.47. The predicted octanol–water partition coefficient (Wildman–Crippen LogP) is 1.77. The summed E-state index contributed by atoms with van der Waals surface area (Å²) >= 11 is 0. The molecule has 1 N–H and O–H groups in total. The highest BCUT2D eigenvalue weighted by atomic mass is 16.5. The Balaban J connectivity index is 1.52. The smallest absolute Gasteiger partial charge is 0.289 e. The Bertz CT molecular complexity index is 905. The Morgan fingerprint density at radius 3 is 2.52 bits per heavy atom. The number of hydrogen-bond donors (Lipinski definition) is 1. The van der Waals surface area contributed by atoms with Gasteiger partial charge in [-0.3, -0.25) is 9.59 Å². The SMILES string of the molecule is COc1ccc(CNC(=O)/C(C#N)=C\N2CCN(C(=O)c3ccco3)CC2)cc1. The number of rotatable bonds is 6. The second-order valence-electron chi connectivity index (χ2n) is 6.49. The first-order valence-electron chi connectivity index (χ1n) is 9.20. The van der Waals surface area contributed by atoms with Crippen LogP contribution in [0.2, 0.25) is 0 Å². The summed E-state index contributed by atoms with van der Waals surface area (Å²) in [6.45, 7) is 2.35. The van der Waals surface area contributed by atoms with Gasteiger partial charge in [-0.25, -0.2) is 0 Å². The molecule has 0 unspecified atom stereocenters. The molecule has 0 aliphatic carbocycles. The van der Waals surface area contributed by atoms with Crippen molar-refractivity contribution in [2.24, 2.45) is 0 Å². The Labute approximate surface area is 169 Å². The van der Waals surface area contributed by atoms with Crippen LogP contribution < -0.4 is 10.1 Å². The average Bonchev–Trinajstić information content (AvgIpc) is 3.31. The van der Waals surface area contributed by atoms with E-state index in [4.69, 9.17) is 9.15 Å². The summed E-state index contributed by atoms with van der Waals surface area (Å²) in [7, 11) is 1.59. The van der Waals surface area contributed by atoms with Crippen molar-refractivity contribution in [2.45, 2.75) is 6.54 Å². The molecule has 0 radical (unpaired) electrons. The first kappa shape index (κ1) is 20.0. The van der Waals surface area contributed by atoms with Crippen molar-refractivity contribution in [3.8, 4) is 11.8 Å². The molecule has 8 nitrogen and oxygen atoms in total. The first-order chi connectivity index (χ1) is 14.1. The van der Waals surface area contributed by atoms with E-state index in [-0.39, 0.29) is 11.5 Å². The van der Waals surface area contributed by atoms with Crippen LogP contribution in [0.1, 0.15) is 16.1 Å². The van der Waals surface area contributed by atoms with Gasteiger partial charge in [-0.2, -0.15) is 5.26 Å². The molecule has 1 aliphatic heterocycles. The molecule has 1 aliphatic rings. The summed E-state index contributed by atoms with van der Waals surface area (Å²) in [6.07, 6.45) is 3.02. The van der Waals surface area contributed by atoms with Crippen molar-refractivity contribution in [3.63, 3.8) is 0 Å². The van der Waals surface area contributed by atoms with Crippen LogP contribution in [0.3, 0.4) is 0 Å². The van der Waals surface area contributed by atoms with Gasteiger partial charge in [-0.05, 0) is 29.8 Å². The van der Waals surface area contributed by atoms with E-state index in [0.717, 1.165) is 11.3 Å². The molecule has 0 atom stereocenters. The average molecular weight is 394 g/mol. The summed E-state index contributed by atoms with van der Waals surface area (Å²) in [5.41, 5.74) is 0.936. The second-order valence-corrected chi connectivity index (χ2v) is 6.49. The van der Waals surface area contributed by atoms with Gasteiger partial charge in [-0.15, -0.1) is 0 Å². The van der Waals surface area contributed by atoms with Gasteiger partial charge < -0.3 is 24.3 Å². The van der Waals surface area contributed by atoms with Crippen molar-refractivity contribution in [1.82, 2.24) is 15.1 Å². The number of piperazine rings is 1. The van der Waals surface area contributed by atoms with Crippen LogP contribution in [0.4, 0.5) is 0 Å². The minimum absolute atomic E-state index is 0.0318. The van der Waals surface area contributed by atoms with E-state index in [9.17, 15) is 14.9 Å². The van der Waals surface area contributed by atoms with E-state index < -0.39 is 5.91 Å². The van der Waals surface area contributed by atoms with Gasteiger partial charge in [0.15, 0.2) is 5.76 Å². The summed E-state index contributed by atoms with van der Waals surface area (Å²) < 4.78 is 10.2. The van der Waals surface area contributed by atoms with Gasteiger partial charge in [-0.1, -0.05) is 12.1 Å². The van der Waals surface area contributed by atoms with E-state index in [2.05, 4.69) is 5.32 Å². The Morgan fingerprint density at radius 1 is 1.21 bits per heavy atom. The van der Waals surface area contributed by atoms with Gasteiger partial charge in [0.25, 0.3) is 11.8 Å². The topological polar surface area (TPSA) is 98.8 Å². The molecule has 1 aromatic carbocycles. The lowest BCUT2D eigenvalue weighted by atomic mass is 10.2. The fraction of sp³-hybridized carbons (Fsp3) is 0.286. The number of carbonyl (C=O) groups is 2. The molecule has 2 heterocycles. The quantitative estimate of drug-likeness (QED) is 0.592. The number of amides is 2. The van der Waals surface area contributed by atoms with E-state index in [1.807, 2.05) is 35.2 Å². The molecule has 1 fully saturated rings. The van der Waals surface area contributed by atoms with E-state index in [1.165, 1.54) is 6.26 Å². The third-order valence-electron chi connectivity index (χ3n) is 4.62. The molecule has 29 heavy (non-hydrogen) atoms. The fourth-order valence-electron chi connectivity index (χ4n) is 2.95. The molecule has 0 spiro atoms. The Hall–Kier alpha value is -3.73. The highest BCUT2D eigenvalue weighted by molar-refractivity contribution is 5.97. The van der Waals surface area contributed by atoms with Crippen molar-refractivity contribution in [3.05, 3.63) is 65.8 Å². The summed E-state index contributed by atoms with van der Waals surface area (Å²) in [5, 5.41) is 12.1. The van der Waals surface area contributed by atoms with E-state index in [0.29, 0.717) is 38.5 Å². The molecule has 2 aromatic rings. The summed E-state index contributed by atoms with van der Waals surface area (Å²) in [5.74, 6) is 0.459. The fourth-order valence-corrected chi connectivity index (χ4v) is 2.95. The zero-order chi connectivity index (χ0) is 20.6. The monoisotopic (exact) mass is 394 g/mol. The minimum Gasteiger partial charge on any atom is -0.497 e. The van der Waals surface area contributed by atoms with Crippen LogP contribution >= 0.6 is 0 Å². The number of hydrogen-bond acceptors (Lipinski definition) is 6. The molecule has 2 amide bonds. The third-order valence-corrected chi connectivity index (χ3v) is 4.62. The van der Waals surface area contributed by atoms with Crippen LogP contribution in [0.25, 0.3) is 0 Å². The number of benzene rings is 1. The number of nitriles is 1. The molecular formula is C21H22N4O4. The molecule has 8 heteroatoms. The van der Waals surface area contributed by atoms with Crippen LogP contribution in [0, 0.1) is 11.3 Å². The number of carbonyl (C=O) groups excluding carboxylic acids is 2. The van der Waals surface area contributed by atoms with Crippen molar-refractivity contribution in [1.29, 1.82) is 5.26 Å². The maximum absolute atomic E-state index is 12.3. The highest BCUT2D eigenvalue weighted by Gasteiger charge is 2.23. The summed E-state index contributed by atoms with van der Waals surface area (Å²) in [4.78, 5) is 28.2. The largest absolute Gasteiger partial charge is 0.497 e. The van der Waals surface area contributed by atoms with Gasteiger partial charge in [0.05, 0.1) is 13.4 Å². The lowest BCUT2D eigenvalue weighted by Gasteiger charge is -2.33. The number of methoxy groups -OCH3 is 1. The lowest BCUT2D eigenvalue weighted by molar-refractivity contribution is -0.117. The van der Waals surface area contributed by atoms with Gasteiger partial charge in [0.2, 0.25) is 0 Å². The maximum atomic E-state index is 12.3. The molecule has 3 rings (SSSR count). The van der Waals surface area contributed by atoms with Gasteiger partial charge >= 0.3 is 0 Å². The van der Waals surface area contributed by atoms with Crippen molar-refractivity contribution in [2.75, 3.05) is 33.3 Å². The van der Waals surface area contributed by atoms with E-state index >= 15 is 0 Å². The normalized spacial score (nSPS) is 14.3. The Morgan fingerprint density at radius 2 is 1.93 bits per heavy atom. The number of nitrogens with one attached hydrogen (secondary N) is 1. The Kier molecular flexibility index (Phi) is 6.53.